The highest BCUT2D eigenvalue weighted by molar-refractivity contribution is 5.29. The first kappa shape index (κ1) is 22.1. The van der Waals surface area contributed by atoms with Crippen molar-refractivity contribution in [3.63, 3.8) is 0 Å². The number of ether oxygens (including phenoxy) is 1. The average molecular weight is 444 g/mol. The van der Waals surface area contributed by atoms with Gasteiger partial charge in [-0.25, -0.2) is 0 Å². The Morgan fingerprint density at radius 1 is 1.06 bits per heavy atom. The van der Waals surface area contributed by atoms with Crippen LogP contribution in [0.15, 0.2) is 11.1 Å². The maximum Gasteiger partial charge on any atom is 0.0768 e. The summed E-state index contributed by atoms with van der Waals surface area (Å²) in [5.74, 6) is 3.99. The van der Waals surface area contributed by atoms with Gasteiger partial charge in [-0.05, 0) is 106 Å². The Kier molecular flexibility index (Phi) is 5.20. The molecule has 5 fully saturated rings. The van der Waals surface area contributed by atoms with Gasteiger partial charge in [0, 0.05) is 12.5 Å². The third-order valence-corrected chi connectivity index (χ3v) is 11.7. The average Bonchev–Trinajstić information content (AvgIpc) is 3.19. The van der Waals surface area contributed by atoms with Gasteiger partial charge in [0.2, 0.25) is 0 Å². The minimum absolute atomic E-state index is 0.0596. The van der Waals surface area contributed by atoms with E-state index in [-0.39, 0.29) is 23.9 Å². The molecule has 11 atom stereocenters. The monoisotopic (exact) mass is 443 g/mol. The Balaban J connectivity index is 1.28. The SMILES string of the molecule is CC1=C2C[C@H]3[C@@H](CC[C@@H]4CC(O)CC[C@@]43C)[C@@H]2CC[C@@]2(C1)O[C@@H]1C[C@H](C)CN(O)[C@H]1[C@H]2C. The van der Waals surface area contributed by atoms with Crippen LogP contribution in [-0.2, 0) is 4.74 Å². The molecule has 180 valence electrons. The Morgan fingerprint density at radius 2 is 1.88 bits per heavy atom. The first-order valence-electron chi connectivity index (χ1n) is 13.7. The molecule has 4 nitrogen and oxygen atoms in total. The van der Waals surface area contributed by atoms with Crippen LogP contribution in [0.3, 0.4) is 0 Å². The lowest BCUT2D eigenvalue weighted by Crippen LogP contribution is -2.50. The smallest absolute Gasteiger partial charge is 0.0768 e. The zero-order valence-electron chi connectivity index (χ0n) is 20.7. The predicted molar refractivity (Wildman–Crippen MR) is 125 cm³/mol. The first-order valence-corrected chi connectivity index (χ1v) is 13.7. The molecule has 2 saturated heterocycles. The summed E-state index contributed by atoms with van der Waals surface area (Å²) in [6.07, 6.45) is 11.9. The molecule has 0 bridgehead atoms. The summed E-state index contributed by atoms with van der Waals surface area (Å²) in [6.45, 7) is 10.4. The molecule has 2 aliphatic heterocycles. The van der Waals surface area contributed by atoms with E-state index in [2.05, 4.69) is 27.7 Å². The number of rotatable bonds is 0. The third kappa shape index (κ3) is 3.08. The molecular formula is C28H45NO3. The number of fused-ring (bicyclic) bond motifs is 6. The fourth-order valence-corrected chi connectivity index (χ4v) is 10.0. The molecule has 1 spiro atoms. The second kappa shape index (κ2) is 7.54. The summed E-state index contributed by atoms with van der Waals surface area (Å²) in [5.41, 5.74) is 3.73. The van der Waals surface area contributed by atoms with E-state index < -0.39 is 0 Å². The van der Waals surface area contributed by atoms with Crippen LogP contribution in [0.25, 0.3) is 0 Å². The van der Waals surface area contributed by atoms with Gasteiger partial charge >= 0.3 is 0 Å². The number of hydrogen-bond donors (Lipinski definition) is 2. The van der Waals surface area contributed by atoms with Crippen molar-refractivity contribution in [3.05, 3.63) is 11.1 Å². The van der Waals surface area contributed by atoms with E-state index in [1.165, 1.54) is 32.1 Å². The molecule has 3 saturated carbocycles. The van der Waals surface area contributed by atoms with E-state index in [1.54, 1.807) is 16.2 Å². The molecule has 2 N–H and O–H groups in total. The first-order chi connectivity index (χ1) is 15.2. The van der Waals surface area contributed by atoms with Crippen LogP contribution in [0, 0.1) is 40.9 Å². The van der Waals surface area contributed by atoms with E-state index in [4.69, 9.17) is 4.74 Å². The zero-order chi connectivity index (χ0) is 22.4. The van der Waals surface area contributed by atoms with Crippen molar-refractivity contribution in [1.82, 2.24) is 5.06 Å². The molecule has 0 aromatic carbocycles. The summed E-state index contributed by atoms with van der Waals surface area (Å²) >= 11 is 0. The number of hydroxylamine groups is 2. The molecular weight excluding hydrogens is 398 g/mol. The van der Waals surface area contributed by atoms with E-state index in [0.29, 0.717) is 17.3 Å². The molecule has 4 aliphatic carbocycles. The van der Waals surface area contributed by atoms with Crippen LogP contribution in [0.4, 0.5) is 0 Å². The quantitative estimate of drug-likeness (QED) is 0.480. The van der Waals surface area contributed by atoms with Gasteiger partial charge in [-0.2, -0.15) is 5.06 Å². The molecule has 6 rings (SSSR count). The molecule has 0 aromatic heterocycles. The fourth-order valence-electron chi connectivity index (χ4n) is 10.0. The van der Waals surface area contributed by atoms with Gasteiger partial charge in [-0.1, -0.05) is 31.9 Å². The van der Waals surface area contributed by atoms with Gasteiger partial charge in [-0.3, -0.25) is 0 Å². The van der Waals surface area contributed by atoms with Crippen molar-refractivity contribution in [2.24, 2.45) is 40.9 Å². The van der Waals surface area contributed by atoms with Gasteiger partial charge in [0.25, 0.3) is 0 Å². The standard InChI is InChI=1S/C28H45NO3/c1-16-11-25-26(29(31)15-16)18(3)28(32-25)10-8-21-22-6-5-19-12-20(30)7-9-27(19,4)24(22)13-23(21)17(2)14-28/h16,18-22,24-26,30-31H,5-15H2,1-4H3/t16-,18+,19+,20?,21-,22-,24-,25+,26-,27-,28-/m0/s1. The lowest BCUT2D eigenvalue weighted by molar-refractivity contribution is -0.178. The molecule has 6 aliphatic rings. The van der Waals surface area contributed by atoms with Gasteiger partial charge in [0.1, 0.15) is 0 Å². The molecule has 32 heavy (non-hydrogen) atoms. The van der Waals surface area contributed by atoms with E-state index >= 15 is 0 Å². The van der Waals surface area contributed by atoms with Crippen molar-refractivity contribution in [1.29, 1.82) is 0 Å². The topological polar surface area (TPSA) is 52.9 Å². The van der Waals surface area contributed by atoms with Crippen molar-refractivity contribution < 1.29 is 15.1 Å². The van der Waals surface area contributed by atoms with Crippen LogP contribution < -0.4 is 0 Å². The van der Waals surface area contributed by atoms with Crippen molar-refractivity contribution in [2.75, 3.05) is 6.54 Å². The highest BCUT2D eigenvalue weighted by Gasteiger charge is 2.60. The highest BCUT2D eigenvalue weighted by Crippen LogP contribution is 2.65. The van der Waals surface area contributed by atoms with Gasteiger partial charge in [0.15, 0.2) is 0 Å². The Morgan fingerprint density at radius 3 is 2.69 bits per heavy atom. The second-order valence-corrected chi connectivity index (χ2v) is 13.3. The second-order valence-electron chi connectivity index (χ2n) is 13.3. The number of aliphatic hydroxyl groups is 1. The lowest BCUT2D eigenvalue weighted by Gasteiger charge is -2.53. The maximum atomic E-state index is 10.8. The molecule has 1 unspecified atom stereocenters. The van der Waals surface area contributed by atoms with Crippen LogP contribution >= 0.6 is 0 Å². The van der Waals surface area contributed by atoms with Crippen molar-refractivity contribution in [2.45, 2.75) is 116 Å². The summed E-state index contributed by atoms with van der Waals surface area (Å²) in [5, 5.41) is 22.7. The molecule has 0 aromatic rings. The summed E-state index contributed by atoms with van der Waals surface area (Å²) in [6, 6.07) is 0.165. The van der Waals surface area contributed by atoms with Crippen LogP contribution in [0.5, 0.6) is 0 Å². The van der Waals surface area contributed by atoms with Gasteiger partial charge in [0.05, 0.1) is 23.9 Å². The Bertz CT molecular complexity index is 796. The maximum absolute atomic E-state index is 10.8. The Labute approximate surface area is 194 Å². The van der Waals surface area contributed by atoms with E-state index in [0.717, 1.165) is 62.3 Å². The minimum Gasteiger partial charge on any atom is -0.393 e. The minimum atomic E-state index is -0.0899. The number of piperidine rings is 1. The number of aliphatic hydroxyl groups excluding tert-OH is 1. The zero-order valence-corrected chi connectivity index (χ0v) is 20.7. The summed E-state index contributed by atoms with van der Waals surface area (Å²) in [7, 11) is 0. The van der Waals surface area contributed by atoms with Gasteiger partial charge < -0.3 is 15.1 Å². The lowest BCUT2D eigenvalue weighted by atomic mass is 9.52. The summed E-state index contributed by atoms with van der Waals surface area (Å²) in [4.78, 5) is 0. The predicted octanol–water partition coefficient (Wildman–Crippen LogP) is 5.57. The molecule has 4 heteroatoms. The fraction of sp³-hybridized carbons (Fsp3) is 0.929. The number of hydrogen-bond acceptors (Lipinski definition) is 4. The van der Waals surface area contributed by atoms with Crippen molar-refractivity contribution in [3.8, 4) is 0 Å². The van der Waals surface area contributed by atoms with E-state index in [9.17, 15) is 10.3 Å². The normalized spacial score (nSPS) is 55.9. The van der Waals surface area contributed by atoms with Gasteiger partial charge in [-0.15, -0.1) is 0 Å². The molecule has 2 heterocycles. The largest absolute Gasteiger partial charge is 0.393 e. The van der Waals surface area contributed by atoms with Crippen LogP contribution in [-0.4, -0.2) is 45.8 Å². The van der Waals surface area contributed by atoms with Crippen molar-refractivity contribution >= 4 is 0 Å². The highest BCUT2D eigenvalue weighted by atomic mass is 16.5. The van der Waals surface area contributed by atoms with Crippen LogP contribution in [0.2, 0.25) is 0 Å². The molecule has 0 radical (unpaired) electrons. The molecule has 0 amide bonds. The van der Waals surface area contributed by atoms with E-state index in [1.807, 2.05) is 0 Å². The summed E-state index contributed by atoms with van der Waals surface area (Å²) < 4.78 is 6.95. The number of nitrogens with zero attached hydrogens (tertiary/aromatic N) is 1. The Hall–Kier alpha value is -0.420. The van der Waals surface area contributed by atoms with Crippen LogP contribution in [0.1, 0.15) is 91.9 Å². The third-order valence-electron chi connectivity index (χ3n) is 11.7. The number of allylic oxidation sites excluding steroid dienone is 1.